The van der Waals surface area contributed by atoms with Crippen molar-refractivity contribution in [3.63, 3.8) is 0 Å². The van der Waals surface area contributed by atoms with Crippen LogP contribution in [0.5, 0.6) is 0 Å². The van der Waals surface area contributed by atoms with Gasteiger partial charge in [-0.2, -0.15) is 5.10 Å². The lowest BCUT2D eigenvalue weighted by atomic mass is 10.2. The number of unbranched alkanes of at least 4 members (excludes halogenated alkanes) is 2. The van der Waals surface area contributed by atoms with Gasteiger partial charge in [0.25, 0.3) is 0 Å². The molecule has 0 fully saturated rings. The second kappa shape index (κ2) is 7.17. The van der Waals surface area contributed by atoms with Gasteiger partial charge in [-0.1, -0.05) is 19.8 Å². The molecule has 4 heteroatoms. The number of hydrazone groups is 1. The van der Waals surface area contributed by atoms with Gasteiger partial charge in [0.15, 0.2) is 0 Å². The molecule has 88 valence electrons. The van der Waals surface area contributed by atoms with Crippen molar-refractivity contribution in [2.75, 3.05) is 0 Å². The molecule has 3 nitrogen and oxygen atoms in total. The number of nitrogens with zero attached hydrogens (tertiary/aromatic N) is 1. The molecular weight excluding hydrogens is 220 g/mol. The number of hydrogen-bond donors (Lipinski definition) is 1. The Labute approximate surface area is 101 Å². The van der Waals surface area contributed by atoms with E-state index >= 15 is 0 Å². The van der Waals surface area contributed by atoms with E-state index < -0.39 is 0 Å². The van der Waals surface area contributed by atoms with E-state index in [2.05, 4.69) is 17.5 Å². The normalized spacial score (nSPS) is 10.9. The number of carbonyl (C=O) groups excluding carboxylic acids is 1. The van der Waals surface area contributed by atoms with Gasteiger partial charge in [0.05, 0.1) is 6.21 Å². The zero-order valence-corrected chi connectivity index (χ0v) is 10.6. The van der Waals surface area contributed by atoms with E-state index in [1.165, 1.54) is 4.88 Å². The van der Waals surface area contributed by atoms with E-state index in [9.17, 15) is 4.79 Å². The van der Waals surface area contributed by atoms with Crippen molar-refractivity contribution < 1.29 is 4.79 Å². The minimum atomic E-state index is -0.00187. The summed E-state index contributed by atoms with van der Waals surface area (Å²) in [5.74, 6) is -0.00187. The van der Waals surface area contributed by atoms with Gasteiger partial charge >= 0.3 is 0 Å². The Hall–Kier alpha value is -1.16. The maximum Gasteiger partial charge on any atom is 0.240 e. The average Bonchev–Trinajstić information content (AvgIpc) is 2.65. The lowest BCUT2D eigenvalue weighted by Crippen LogP contribution is -2.16. The van der Waals surface area contributed by atoms with Gasteiger partial charge in [0, 0.05) is 16.2 Å². The number of carbonyl (C=O) groups is 1. The highest BCUT2D eigenvalue weighted by molar-refractivity contribution is 7.13. The number of rotatable bonds is 6. The summed E-state index contributed by atoms with van der Waals surface area (Å²) in [5, 5.41) is 3.92. The standard InChI is InChI=1S/C12H18N2OS/c1-3-4-5-6-12(15)14-13-9-11-8-7-10(2)16-11/h7-9H,3-6H2,1-2H3,(H,14,15). The molecule has 0 bridgehead atoms. The van der Waals surface area contributed by atoms with Crippen molar-refractivity contribution in [2.24, 2.45) is 5.10 Å². The molecule has 0 aromatic carbocycles. The number of nitrogens with one attached hydrogen (secondary N) is 1. The molecule has 0 saturated heterocycles. The number of hydrogen-bond acceptors (Lipinski definition) is 3. The SMILES string of the molecule is CCCCCC(=O)NN=Cc1ccc(C)s1. The van der Waals surface area contributed by atoms with Crippen molar-refractivity contribution in [2.45, 2.75) is 39.5 Å². The van der Waals surface area contributed by atoms with Gasteiger partial charge in [0.1, 0.15) is 0 Å². The number of thiophene rings is 1. The van der Waals surface area contributed by atoms with Crippen molar-refractivity contribution >= 4 is 23.5 Å². The molecule has 1 amide bonds. The predicted octanol–water partition coefficient (Wildman–Crippen LogP) is 3.09. The molecule has 0 saturated carbocycles. The molecule has 1 aromatic rings. The molecule has 0 spiro atoms. The highest BCUT2D eigenvalue weighted by Crippen LogP contribution is 2.12. The molecule has 1 N–H and O–H groups in total. The third-order valence-electron chi connectivity index (χ3n) is 2.15. The molecule has 1 aromatic heterocycles. The van der Waals surface area contributed by atoms with Crippen LogP contribution in [0.15, 0.2) is 17.2 Å². The van der Waals surface area contributed by atoms with Crippen molar-refractivity contribution in [1.82, 2.24) is 5.43 Å². The van der Waals surface area contributed by atoms with Crippen LogP contribution in [0, 0.1) is 6.92 Å². The van der Waals surface area contributed by atoms with E-state index in [0.717, 1.165) is 24.1 Å². The third kappa shape index (κ3) is 5.07. The van der Waals surface area contributed by atoms with Gasteiger partial charge in [-0.15, -0.1) is 11.3 Å². The Morgan fingerprint density at radius 2 is 2.31 bits per heavy atom. The zero-order chi connectivity index (χ0) is 11.8. The maximum absolute atomic E-state index is 11.3. The van der Waals surface area contributed by atoms with Crippen LogP contribution in [-0.4, -0.2) is 12.1 Å². The van der Waals surface area contributed by atoms with E-state index in [0.29, 0.717) is 6.42 Å². The Morgan fingerprint density at radius 3 is 2.94 bits per heavy atom. The minimum absolute atomic E-state index is 0.00187. The molecule has 1 rings (SSSR count). The minimum Gasteiger partial charge on any atom is -0.273 e. The van der Waals surface area contributed by atoms with Gasteiger partial charge < -0.3 is 0 Å². The largest absolute Gasteiger partial charge is 0.273 e. The van der Waals surface area contributed by atoms with Crippen molar-refractivity contribution in [3.8, 4) is 0 Å². The van der Waals surface area contributed by atoms with Crippen LogP contribution in [0.25, 0.3) is 0 Å². The number of aryl methyl sites for hydroxylation is 1. The first kappa shape index (κ1) is 12.9. The first-order valence-electron chi connectivity index (χ1n) is 5.60. The zero-order valence-electron chi connectivity index (χ0n) is 9.82. The quantitative estimate of drug-likeness (QED) is 0.462. The smallest absolute Gasteiger partial charge is 0.240 e. The number of amides is 1. The summed E-state index contributed by atoms with van der Waals surface area (Å²) >= 11 is 1.66. The maximum atomic E-state index is 11.3. The second-order valence-corrected chi connectivity index (χ2v) is 5.02. The van der Waals surface area contributed by atoms with E-state index in [4.69, 9.17) is 0 Å². The van der Waals surface area contributed by atoms with Crippen LogP contribution >= 0.6 is 11.3 Å². The van der Waals surface area contributed by atoms with Crippen LogP contribution in [0.2, 0.25) is 0 Å². The summed E-state index contributed by atoms with van der Waals surface area (Å²) in [6, 6.07) is 4.03. The van der Waals surface area contributed by atoms with E-state index in [-0.39, 0.29) is 5.91 Å². The first-order valence-corrected chi connectivity index (χ1v) is 6.42. The van der Waals surface area contributed by atoms with Gasteiger partial charge in [0.2, 0.25) is 5.91 Å². The second-order valence-electron chi connectivity index (χ2n) is 3.70. The molecular formula is C12H18N2OS. The fourth-order valence-electron chi connectivity index (χ4n) is 1.28. The Kier molecular flexibility index (Phi) is 5.78. The molecule has 0 atom stereocenters. The monoisotopic (exact) mass is 238 g/mol. The lowest BCUT2D eigenvalue weighted by molar-refractivity contribution is -0.121. The lowest BCUT2D eigenvalue weighted by Gasteiger charge is -1.97. The van der Waals surface area contributed by atoms with Crippen LogP contribution in [-0.2, 0) is 4.79 Å². The molecule has 0 unspecified atom stereocenters. The molecule has 0 radical (unpaired) electrons. The van der Waals surface area contributed by atoms with Crippen LogP contribution in [0.4, 0.5) is 0 Å². The summed E-state index contributed by atoms with van der Waals surface area (Å²) in [7, 11) is 0. The summed E-state index contributed by atoms with van der Waals surface area (Å²) in [5.41, 5.74) is 2.54. The van der Waals surface area contributed by atoms with E-state index in [1.54, 1.807) is 17.6 Å². The van der Waals surface area contributed by atoms with Crippen molar-refractivity contribution in [3.05, 3.63) is 21.9 Å². The summed E-state index contributed by atoms with van der Waals surface area (Å²) in [6.07, 6.45) is 5.42. The predicted molar refractivity (Wildman–Crippen MR) is 68.9 cm³/mol. The average molecular weight is 238 g/mol. The highest BCUT2D eigenvalue weighted by atomic mass is 32.1. The third-order valence-corrected chi connectivity index (χ3v) is 3.08. The van der Waals surface area contributed by atoms with Crippen LogP contribution in [0.1, 0.15) is 42.4 Å². The summed E-state index contributed by atoms with van der Waals surface area (Å²) < 4.78 is 0. The fraction of sp³-hybridized carbons (Fsp3) is 0.500. The van der Waals surface area contributed by atoms with Crippen LogP contribution in [0.3, 0.4) is 0 Å². The summed E-state index contributed by atoms with van der Waals surface area (Å²) in [4.78, 5) is 13.6. The van der Waals surface area contributed by atoms with E-state index in [1.807, 2.05) is 19.1 Å². The van der Waals surface area contributed by atoms with Gasteiger partial charge in [-0.05, 0) is 25.5 Å². The Bertz CT molecular complexity index is 358. The Balaban J connectivity index is 2.23. The molecule has 0 aliphatic heterocycles. The molecule has 0 aliphatic carbocycles. The first-order chi connectivity index (χ1) is 7.72. The highest BCUT2D eigenvalue weighted by Gasteiger charge is 1.98. The fourth-order valence-corrected chi connectivity index (χ4v) is 2.03. The molecule has 1 heterocycles. The summed E-state index contributed by atoms with van der Waals surface area (Å²) in [6.45, 7) is 4.17. The molecule has 16 heavy (non-hydrogen) atoms. The van der Waals surface area contributed by atoms with Crippen LogP contribution < -0.4 is 5.43 Å². The molecule has 0 aliphatic rings. The van der Waals surface area contributed by atoms with Crippen molar-refractivity contribution in [1.29, 1.82) is 0 Å². The Morgan fingerprint density at radius 1 is 1.50 bits per heavy atom. The van der Waals surface area contributed by atoms with Gasteiger partial charge in [-0.3, -0.25) is 4.79 Å². The van der Waals surface area contributed by atoms with Gasteiger partial charge in [-0.25, -0.2) is 5.43 Å². The topological polar surface area (TPSA) is 41.5 Å².